The number of nitrogens with one attached hydrogen (secondary N) is 1. The third-order valence-electron chi connectivity index (χ3n) is 6.41. The Hall–Kier alpha value is -3.20. The number of nitrogens with zero attached hydrogens (tertiary/aromatic N) is 4. The molecule has 2 aromatic rings. The molecule has 33 heavy (non-hydrogen) atoms. The Morgan fingerprint density at radius 1 is 1.24 bits per heavy atom. The zero-order valence-electron chi connectivity index (χ0n) is 20.3. The molecule has 1 aliphatic heterocycles. The lowest BCUT2D eigenvalue weighted by Crippen LogP contribution is -2.56. The summed E-state index contributed by atoms with van der Waals surface area (Å²) in [4.78, 5) is 9.18. The van der Waals surface area contributed by atoms with Crippen LogP contribution in [0.1, 0.15) is 57.4 Å². The molecule has 1 N–H and O–H groups in total. The van der Waals surface area contributed by atoms with Gasteiger partial charge in [0.25, 0.3) is 0 Å². The van der Waals surface area contributed by atoms with Crippen LogP contribution in [0.5, 0.6) is 5.75 Å². The van der Waals surface area contributed by atoms with Gasteiger partial charge in [-0.3, -0.25) is 15.3 Å². The van der Waals surface area contributed by atoms with Crippen molar-refractivity contribution >= 4 is 14.2 Å². The normalized spacial score (nSPS) is 20.1. The fourth-order valence-corrected chi connectivity index (χ4v) is 4.94. The minimum absolute atomic E-state index is 0.0246. The van der Waals surface area contributed by atoms with E-state index in [2.05, 4.69) is 50.2 Å². The van der Waals surface area contributed by atoms with Crippen LogP contribution in [0.3, 0.4) is 0 Å². The number of hydrogen-bond acceptors (Lipinski definition) is 6. The quantitative estimate of drug-likeness (QED) is 0.224. The summed E-state index contributed by atoms with van der Waals surface area (Å²) in [7, 11) is -2.23. The summed E-state index contributed by atoms with van der Waals surface area (Å²) >= 11 is 0. The van der Waals surface area contributed by atoms with E-state index in [1.165, 1.54) is 0 Å². The SMILES string of the molecule is CC1(C)Oc2ccc(C#N)cc2C(N=C(NC#N)c2cccnc2)C1O[Si](C)(C)C(C)(C)C. The highest BCUT2D eigenvalue weighted by molar-refractivity contribution is 6.74. The lowest BCUT2D eigenvalue weighted by Gasteiger charge is -2.48. The van der Waals surface area contributed by atoms with Gasteiger partial charge in [-0.25, -0.2) is 0 Å². The number of benzene rings is 1. The summed E-state index contributed by atoms with van der Waals surface area (Å²) in [6, 6.07) is 10.7. The van der Waals surface area contributed by atoms with Gasteiger partial charge in [0, 0.05) is 23.5 Å². The van der Waals surface area contributed by atoms with Gasteiger partial charge >= 0.3 is 0 Å². The number of aliphatic imine (C=N–C) groups is 1. The molecule has 2 atom stereocenters. The second-order valence-corrected chi connectivity index (χ2v) is 15.0. The average Bonchev–Trinajstić information content (AvgIpc) is 2.74. The highest BCUT2D eigenvalue weighted by Gasteiger charge is 2.50. The highest BCUT2D eigenvalue weighted by Crippen LogP contribution is 2.47. The number of pyridine rings is 1. The Kier molecular flexibility index (Phi) is 6.65. The predicted molar refractivity (Wildman–Crippen MR) is 130 cm³/mol. The number of fused-ring (bicyclic) bond motifs is 1. The maximum atomic E-state index is 9.52. The lowest BCUT2D eigenvalue weighted by molar-refractivity contribution is -0.0489. The van der Waals surface area contributed by atoms with Crippen LogP contribution in [-0.2, 0) is 4.43 Å². The van der Waals surface area contributed by atoms with Gasteiger partial charge < -0.3 is 9.16 Å². The molecule has 0 fully saturated rings. The van der Waals surface area contributed by atoms with Crippen LogP contribution in [0.4, 0.5) is 0 Å². The van der Waals surface area contributed by atoms with Crippen LogP contribution in [0.15, 0.2) is 47.7 Å². The van der Waals surface area contributed by atoms with Crippen LogP contribution >= 0.6 is 0 Å². The zero-order chi connectivity index (χ0) is 24.4. The van der Waals surface area contributed by atoms with E-state index >= 15 is 0 Å². The molecule has 0 saturated carbocycles. The van der Waals surface area contributed by atoms with Gasteiger partial charge in [0.15, 0.2) is 14.5 Å². The van der Waals surface area contributed by atoms with Crippen LogP contribution in [-0.4, -0.2) is 30.8 Å². The van der Waals surface area contributed by atoms with E-state index in [0.717, 1.165) is 5.56 Å². The second-order valence-electron chi connectivity index (χ2n) is 10.3. The molecule has 0 radical (unpaired) electrons. The molecule has 2 heterocycles. The van der Waals surface area contributed by atoms with Gasteiger partial charge in [-0.15, -0.1) is 0 Å². The Labute approximate surface area is 197 Å². The average molecular weight is 462 g/mol. The van der Waals surface area contributed by atoms with E-state index in [1.807, 2.05) is 32.2 Å². The van der Waals surface area contributed by atoms with Crippen molar-refractivity contribution in [1.29, 1.82) is 10.5 Å². The molecule has 1 aromatic carbocycles. The summed E-state index contributed by atoms with van der Waals surface area (Å²) in [6.07, 6.45) is 4.87. The van der Waals surface area contributed by atoms with Crippen molar-refractivity contribution in [2.24, 2.45) is 4.99 Å². The smallest absolute Gasteiger partial charge is 0.192 e. The summed E-state index contributed by atoms with van der Waals surface area (Å²) in [5.41, 5.74) is 1.27. The molecule has 0 bridgehead atoms. The van der Waals surface area contributed by atoms with E-state index in [4.69, 9.17) is 14.2 Å². The van der Waals surface area contributed by atoms with Gasteiger partial charge in [0.05, 0.1) is 11.6 Å². The maximum absolute atomic E-state index is 9.52. The molecule has 8 heteroatoms. The first-order chi connectivity index (χ1) is 15.4. The Morgan fingerprint density at radius 2 is 1.97 bits per heavy atom. The fraction of sp³-hybridized carbons (Fsp3) is 0.440. The van der Waals surface area contributed by atoms with E-state index < -0.39 is 26.1 Å². The maximum Gasteiger partial charge on any atom is 0.192 e. The topological polar surface area (TPSA) is 103 Å². The molecule has 1 aromatic heterocycles. The van der Waals surface area contributed by atoms with E-state index in [0.29, 0.717) is 22.7 Å². The van der Waals surface area contributed by atoms with Gasteiger partial charge in [-0.1, -0.05) is 20.8 Å². The molecule has 0 amide bonds. The van der Waals surface area contributed by atoms with Crippen molar-refractivity contribution in [2.45, 2.75) is 70.5 Å². The Bertz CT molecular complexity index is 1120. The largest absolute Gasteiger partial charge is 0.485 e. The summed E-state index contributed by atoms with van der Waals surface area (Å²) in [6.45, 7) is 14.9. The van der Waals surface area contributed by atoms with Crippen LogP contribution in [0, 0.1) is 22.8 Å². The molecule has 3 rings (SSSR count). The standard InChI is InChI=1S/C25H31N5O2Si/c1-24(2,3)33(6,7)32-22-21(30-23(29-16-27)18-9-8-12-28-15-18)19-13-17(14-26)10-11-20(19)31-25(22,4)5/h8-13,15,21-22H,1-7H3,(H,29,30). The summed E-state index contributed by atoms with van der Waals surface area (Å²) < 4.78 is 13.3. The van der Waals surface area contributed by atoms with Gasteiger partial charge in [0.2, 0.25) is 0 Å². The third-order valence-corrected chi connectivity index (χ3v) is 10.9. The first kappa shape index (κ1) is 24.4. The summed E-state index contributed by atoms with van der Waals surface area (Å²) in [5, 5.41) is 21.6. The van der Waals surface area contributed by atoms with E-state index in [-0.39, 0.29) is 5.04 Å². The van der Waals surface area contributed by atoms with E-state index in [9.17, 15) is 10.5 Å². The van der Waals surface area contributed by atoms with Crippen molar-refractivity contribution < 1.29 is 9.16 Å². The van der Waals surface area contributed by atoms with Gasteiger partial charge in [-0.2, -0.15) is 10.5 Å². The van der Waals surface area contributed by atoms with Crippen molar-refractivity contribution in [3.8, 4) is 18.0 Å². The number of rotatable bonds is 4. The second kappa shape index (κ2) is 8.97. The number of hydrogen-bond donors (Lipinski definition) is 1. The van der Waals surface area contributed by atoms with Crippen molar-refractivity contribution in [3.63, 3.8) is 0 Å². The monoisotopic (exact) mass is 461 g/mol. The Balaban J connectivity index is 2.23. The molecular formula is C25H31N5O2Si. The van der Waals surface area contributed by atoms with Crippen molar-refractivity contribution in [2.75, 3.05) is 0 Å². The molecule has 172 valence electrons. The van der Waals surface area contributed by atoms with Crippen LogP contribution in [0.2, 0.25) is 18.1 Å². The Morgan fingerprint density at radius 3 is 2.55 bits per heavy atom. The number of amidine groups is 1. The fourth-order valence-electron chi connectivity index (χ4n) is 3.54. The van der Waals surface area contributed by atoms with Crippen molar-refractivity contribution in [1.82, 2.24) is 10.3 Å². The summed E-state index contributed by atoms with van der Waals surface area (Å²) in [5.74, 6) is 1.05. The van der Waals surface area contributed by atoms with E-state index in [1.54, 1.807) is 30.6 Å². The molecule has 0 spiro atoms. The van der Waals surface area contributed by atoms with Crippen LogP contribution < -0.4 is 10.1 Å². The minimum Gasteiger partial charge on any atom is -0.485 e. The molecule has 1 aliphatic rings. The number of nitriles is 2. The number of ether oxygens (including phenoxy) is 1. The molecule has 7 nitrogen and oxygen atoms in total. The molecule has 0 aliphatic carbocycles. The zero-order valence-corrected chi connectivity index (χ0v) is 21.3. The van der Waals surface area contributed by atoms with Gasteiger partial charge in [0.1, 0.15) is 29.3 Å². The highest BCUT2D eigenvalue weighted by atomic mass is 28.4. The number of aromatic nitrogens is 1. The minimum atomic E-state index is -2.23. The van der Waals surface area contributed by atoms with Gasteiger partial charge in [-0.05, 0) is 62.3 Å². The van der Waals surface area contributed by atoms with Crippen molar-refractivity contribution in [3.05, 3.63) is 59.4 Å². The first-order valence-electron chi connectivity index (χ1n) is 10.9. The predicted octanol–water partition coefficient (Wildman–Crippen LogP) is 5.07. The van der Waals surface area contributed by atoms with Crippen LogP contribution in [0.25, 0.3) is 0 Å². The molecule has 0 saturated heterocycles. The molecule has 2 unspecified atom stereocenters. The lowest BCUT2D eigenvalue weighted by atomic mass is 9.86. The molecular weight excluding hydrogens is 430 g/mol. The first-order valence-corrected chi connectivity index (χ1v) is 13.8. The third kappa shape index (κ3) is 5.08.